The zero-order chi connectivity index (χ0) is 13.0. The highest BCUT2D eigenvalue weighted by atomic mass is 19.1. The third-order valence-electron chi connectivity index (χ3n) is 2.75. The highest BCUT2D eigenvalue weighted by molar-refractivity contribution is 5.83. The first-order valence-corrected chi connectivity index (χ1v) is 6.00. The van der Waals surface area contributed by atoms with Crippen LogP contribution in [-0.4, -0.2) is 24.0 Å². The first-order valence-electron chi connectivity index (χ1n) is 6.00. The minimum absolute atomic E-state index is 0.231. The van der Waals surface area contributed by atoms with Gasteiger partial charge in [0.25, 0.3) is 0 Å². The maximum absolute atomic E-state index is 13.0. The van der Waals surface area contributed by atoms with Crippen LogP contribution < -0.4 is 11.1 Å². The Kier molecular flexibility index (Phi) is 3.82. The van der Waals surface area contributed by atoms with Crippen molar-refractivity contribution in [1.82, 2.24) is 10.3 Å². The Labute approximate surface area is 105 Å². The van der Waals surface area contributed by atoms with Gasteiger partial charge in [-0.2, -0.15) is 0 Å². The van der Waals surface area contributed by atoms with E-state index in [4.69, 9.17) is 5.73 Å². The Balaban J connectivity index is 2.06. The van der Waals surface area contributed by atoms with Crippen LogP contribution in [0.4, 0.5) is 4.39 Å². The van der Waals surface area contributed by atoms with Crippen LogP contribution in [0.25, 0.3) is 10.9 Å². The van der Waals surface area contributed by atoms with Gasteiger partial charge in [0.05, 0.1) is 0 Å². The summed E-state index contributed by atoms with van der Waals surface area (Å²) in [5.41, 5.74) is 7.57. The lowest BCUT2D eigenvalue weighted by Gasteiger charge is -2.01. The monoisotopic (exact) mass is 248 g/mol. The average molecular weight is 248 g/mol. The molecule has 0 aliphatic rings. The van der Waals surface area contributed by atoms with E-state index >= 15 is 0 Å². The summed E-state index contributed by atoms with van der Waals surface area (Å²) < 4.78 is 13.0. The zero-order valence-electron chi connectivity index (χ0n) is 10.3. The number of hydrogen-bond acceptors (Lipinski definition) is 1. The van der Waals surface area contributed by atoms with Gasteiger partial charge in [0.1, 0.15) is 5.82 Å². The standard InChI is InChI=1S/C13H17FN4/c1-2-16-13(15)17-6-5-9-8-18-12-7-10(14)3-4-11(9)12/h3-4,7-8,18H,2,5-6H2,1H3,(H3,15,16,17). The number of guanidine groups is 1. The number of aliphatic imine (C=N–C) groups is 1. The summed E-state index contributed by atoms with van der Waals surface area (Å²) in [5.74, 6) is 0.230. The van der Waals surface area contributed by atoms with Gasteiger partial charge in [-0.25, -0.2) is 4.39 Å². The molecular weight excluding hydrogens is 231 g/mol. The highest BCUT2D eigenvalue weighted by Gasteiger charge is 2.04. The van der Waals surface area contributed by atoms with Crippen molar-refractivity contribution in [3.8, 4) is 0 Å². The highest BCUT2D eigenvalue weighted by Crippen LogP contribution is 2.19. The Morgan fingerprint density at radius 2 is 2.33 bits per heavy atom. The number of aromatic nitrogens is 1. The first-order chi connectivity index (χ1) is 8.70. The molecule has 0 bridgehead atoms. The lowest BCUT2D eigenvalue weighted by atomic mass is 10.1. The van der Waals surface area contributed by atoms with Gasteiger partial charge in [-0.15, -0.1) is 0 Å². The number of halogens is 1. The molecule has 0 saturated carbocycles. The number of nitrogens with one attached hydrogen (secondary N) is 2. The van der Waals surface area contributed by atoms with Crippen LogP contribution in [-0.2, 0) is 6.42 Å². The second-order valence-corrected chi connectivity index (χ2v) is 4.05. The van der Waals surface area contributed by atoms with Crippen molar-refractivity contribution in [2.45, 2.75) is 13.3 Å². The van der Waals surface area contributed by atoms with Crippen molar-refractivity contribution in [2.24, 2.45) is 10.7 Å². The number of H-pyrrole nitrogens is 1. The summed E-state index contributed by atoms with van der Waals surface area (Å²) in [6.07, 6.45) is 2.67. The molecule has 0 aliphatic heterocycles. The number of nitrogens with two attached hydrogens (primary N) is 1. The predicted molar refractivity (Wildman–Crippen MR) is 72.1 cm³/mol. The molecule has 0 saturated heterocycles. The molecule has 2 rings (SSSR count). The fraction of sp³-hybridized carbons (Fsp3) is 0.308. The SMILES string of the molecule is CCNC(N)=NCCc1c[nH]c2cc(F)ccc12. The number of fused-ring (bicyclic) bond motifs is 1. The van der Waals surface area contributed by atoms with Crippen LogP contribution in [0.5, 0.6) is 0 Å². The zero-order valence-corrected chi connectivity index (χ0v) is 10.3. The van der Waals surface area contributed by atoms with Crippen molar-refractivity contribution in [3.63, 3.8) is 0 Å². The molecule has 0 atom stereocenters. The van der Waals surface area contributed by atoms with E-state index < -0.39 is 0 Å². The van der Waals surface area contributed by atoms with Crippen molar-refractivity contribution in [2.75, 3.05) is 13.1 Å². The van der Waals surface area contributed by atoms with Gasteiger partial charge in [-0.05, 0) is 37.1 Å². The quantitative estimate of drug-likeness (QED) is 0.570. The summed E-state index contributed by atoms with van der Waals surface area (Å²) in [7, 11) is 0. The summed E-state index contributed by atoms with van der Waals surface area (Å²) in [6.45, 7) is 3.35. The third-order valence-corrected chi connectivity index (χ3v) is 2.75. The van der Waals surface area contributed by atoms with Gasteiger partial charge in [-0.1, -0.05) is 0 Å². The van der Waals surface area contributed by atoms with Gasteiger partial charge in [0.15, 0.2) is 5.96 Å². The predicted octanol–water partition coefficient (Wildman–Crippen LogP) is 1.77. The van der Waals surface area contributed by atoms with Gasteiger partial charge in [-0.3, -0.25) is 4.99 Å². The molecule has 0 radical (unpaired) electrons. The van der Waals surface area contributed by atoms with Crippen molar-refractivity contribution < 1.29 is 4.39 Å². The van der Waals surface area contributed by atoms with E-state index in [-0.39, 0.29) is 5.82 Å². The van der Waals surface area contributed by atoms with Gasteiger partial charge < -0.3 is 16.0 Å². The summed E-state index contributed by atoms with van der Waals surface area (Å²) in [6, 6.07) is 4.75. The molecule has 0 amide bonds. The molecule has 0 unspecified atom stereocenters. The molecule has 4 nitrogen and oxygen atoms in total. The molecule has 1 aromatic carbocycles. The molecule has 4 N–H and O–H groups in total. The Morgan fingerprint density at radius 3 is 3.11 bits per heavy atom. The van der Waals surface area contributed by atoms with E-state index in [0.29, 0.717) is 12.5 Å². The maximum Gasteiger partial charge on any atom is 0.188 e. The normalized spacial score (nSPS) is 12.0. The van der Waals surface area contributed by atoms with Gasteiger partial charge in [0.2, 0.25) is 0 Å². The minimum atomic E-state index is -0.231. The fourth-order valence-electron chi connectivity index (χ4n) is 1.90. The lowest BCUT2D eigenvalue weighted by molar-refractivity contribution is 0.629. The average Bonchev–Trinajstić information content (AvgIpc) is 2.72. The number of nitrogens with zero attached hydrogens (tertiary/aromatic N) is 1. The number of rotatable bonds is 4. The van der Waals surface area contributed by atoms with Crippen molar-refractivity contribution in [1.29, 1.82) is 0 Å². The number of hydrogen-bond donors (Lipinski definition) is 3. The smallest absolute Gasteiger partial charge is 0.188 e. The minimum Gasteiger partial charge on any atom is -0.370 e. The number of benzene rings is 1. The van der Waals surface area contributed by atoms with E-state index in [2.05, 4.69) is 15.3 Å². The second kappa shape index (κ2) is 5.53. The van der Waals surface area contributed by atoms with E-state index in [1.54, 1.807) is 6.07 Å². The number of aromatic amines is 1. The second-order valence-electron chi connectivity index (χ2n) is 4.05. The molecule has 1 heterocycles. The molecule has 18 heavy (non-hydrogen) atoms. The van der Waals surface area contributed by atoms with Crippen molar-refractivity contribution >= 4 is 16.9 Å². The lowest BCUT2D eigenvalue weighted by Crippen LogP contribution is -2.31. The molecular formula is C13H17FN4. The Bertz CT molecular complexity index is 559. The van der Waals surface area contributed by atoms with Crippen LogP contribution in [0, 0.1) is 5.82 Å². The topological polar surface area (TPSA) is 66.2 Å². The molecule has 96 valence electrons. The molecule has 0 aliphatic carbocycles. The molecule has 1 aromatic heterocycles. The summed E-state index contributed by atoms with van der Waals surface area (Å²) in [4.78, 5) is 7.27. The molecule has 0 fully saturated rings. The van der Waals surface area contributed by atoms with E-state index in [1.165, 1.54) is 12.1 Å². The molecule has 5 heteroatoms. The van der Waals surface area contributed by atoms with Gasteiger partial charge in [0, 0.05) is 30.2 Å². The maximum atomic E-state index is 13.0. The molecule has 0 spiro atoms. The third kappa shape index (κ3) is 2.80. The van der Waals surface area contributed by atoms with E-state index in [0.717, 1.165) is 29.4 Å². The van der Waals surface area contributed by atoms with Crippen molar-refractivity contribution in [3.05, 3.63) is 35.8 Å². The molecule has 2 aromatic rings. The largest absolute Gasteiger partial charge is 0.370 e. The van der Waals surface area contributed by atoms with E-state index in [1.807, 2.05) is 13.1 Å². The van der Waals surface area contributed by atoms with Gasteiger partial charge >= 0.3 is 0 Å². The van der Waals surface area contributed by atoms with Crippen LogP contribution in [0.1, 0.15) is 12.5 Å². The van der Waals surface area contributed by atoms with Crippen LogP contribution in [0.15, 0.2) is 29.4 Å². The fourth-order valence-corrected chi connectivity index (χ4v) is 1.90. The summed E-state index contributed by atoms with van der Waals surface area (Å²) in [5, 5.41) is 3.98. The van der Waals surface area contributed by atoms with Crippen LogP contribution in [0.3, 0.4) is 0 Å². The Morgan fingerprint density at radius 1 is 1.50 bits per heavy atom. The van der Waals surface area contributed by atoms with E-state index in [9.17, 15) is 4.39 Å². The summed E-state index contributed by atoms with van der Waals surface area (Å²) >= 11 is 0. The first kappa shape index (κ1) is 12.4. The van der Waals surface area contributed by atoms with Crippen LogP contribution in [0.2, 0.25) is 0 Å². The Hall–Kier alpha value is -2.04. The van der Waals surface area contributed by atoms with Crippen LogP contribution >= 0.6 is 0 Å².